The van der Waals surface area contributed by atoms with E-state index in [0.717, 1.165) is 42.6 Å². The molecule has 1 aromatic rings. The SMILES string of the molecule is CCCNc1cc(N(C)C(CC)CSC)nc(C)n1. The summed E-state index contributed by atoms with van der Waals surface area (Å²) in [5.41, 5.74) is 0. The second-order valence-electron chi connectivity index (χ2n) is 4.71. The summed E-state index contributed by atoms with van der Waals surface area (Å²) < 4.78 is 0. The molecule has 0 fully saturated rings. The Morgan fingerprint density at radius 1 is 1.37 bits per heavy atom. The monoisotopic (exact) mass is 282 g/mol. The molecule has 19 heavy (non-hydrogen) atoms. The van der Waals surface area contributed by atoms with E-state index in [1.165, 1.54) is 0 Å². The molecule has 0 saturated carbocycles. The minimum atomic E-state index is 0.517. The normalized spacial score (nSPS) is 12.3. The van der Waals surface area contributed by atoms with Gasteiger partial charge in [-0.05, 0) is 26.0 Å². The number of aryl methyl sites for hydroxylation is 1. The molecular weight excluding hydrogens is 256 g/mol. The second-order valence-corrected chi connectivity index (χ2v) is 5.62. The van der Waals surface area contributed by atoms with Crippen LogP contribution in [-0.4, -0.2) is 41.6 Å². The first-order valence-electron chi connectivity index (χ1n) is 6.93. The van der Waals surface area contributed by atoms with E-state index >= 15 is 0 Å². The first-order chi connectivity index (χ1) is 9.12. The summed E-state index contributed by atoms with van der Waals surface area (Å²) in [6.07, 6.45) is 4.37. The molecule has 0 aliphatic rings. The van der Waals surface area contributed by atoms with E-state index in [1.807, 2.05) is 24.8 Å². The van der Waals surface area contributed by atoms with Crippen LogP contribution in [0.3, 0.4) is 0 Å². The highest BCUT2D eigenvalue weighted by Gasteiger charge is 2.15. The summed E-state index contributed by atoms with van der Waals surface area (Å²) in [5.74, 6) is 3.87. The molecule has 0 radical (unpaired) electrons. The van der Waals surface area contributed by atoms with E-state index < -0.39 is 0 Å². The third-order valence-corrected chi connectivity index (χ3v) is 3.84. The summed E-state index contributed by atoms with van der Waals surface area (Å²) in [5, 5.41) is 3.34. The third-order valence-electron chi connectivity index (χ3n) is 3.12. The average Bonchev–Trinajstić information content (AvgIpc) is 2.41. The maximum absolute atomic E-state index is 4.56. The van der Waals surface area contributed by atoms with E-state index in [9.17, 15) is 0 Å². The van der Waals surface area contributed by atoms with Crippen LogP contribution in [0.15, 0.2) is 6.07 Å². The van der Waals surface area contributed by atoms with Crippen molar-refractivity contribution in [2.24, 2.45) is 0 Å². The zero-order valence-corrected chi connectivity index (χ0v) is 13.5. The number of thioether (sulfide) groups is 1. The van der Waals surface area contributed by atoms with Crippen molar-refractivity contribution in [1.29, 1.82) is 0 Å². The molecule has 0 aliphatic carbocycles. The van der Waals surface area contributed by atoms with Gasteiger partial charge in [0.25, 0.3) is 0 Å². The molecule has 1 atom stereocenters. The molecule has 4 nitrogen and oxygen atoms in total. The van der Waals surface area contributed by atoms with Crippen LogP contribution in [-0.2, 0) is 0 Å². The topological polar surface area (TPSA) is 41.0 Å². The number of hydrogen-bond acceptors (Lipinski definition) is 5. The van der Waals surface area contributed by atoms with Crippen LogP contribution < -0.4 is 10.2 Å². The highest BCUT2D eigenvalue weighted by molar-refractivity contribution is 7.98. The fraction of sp³-hybridized carbons (Fsp3) is 0.714. The first kappa shape index (κ1) is 16.1. The number of rotatable bonds is 8. The number of hydrogen-bond donors (Lipinski definition) is 1. The van der Waals surface area contributed by atoms with Crippen LogP contribution in [0.25, 0.3) is 0 Å². The van der Waals surface area contributed by atoms with Crippen molar-refractivity contribution in [3.63, 3.8) is 0 Å². The summed E-state index contributed by atoms with van der Waals surface area (Å²) in [6, 6.07) is 2.56. The Morgan fingerprint density at radius 2 is 2.11 bits per heavy atom. The van der Waals surface area contributed by atoms with Gasteiger partial charge in [0, 0.05) is 31.5 Å². The van der Waals surface area contributed by atoms with Crippen LogP contribution in [0.2, 0.25) is 0 Å². The molecule has 0 saturated heterocycles. The summed E-state index contributed by atoms with van der Waals surface area (Å²) >= 11 is 1.88. The Hall–Kier alpha value is -0.970. The van der Waals surface area contributed by atoms with Gasteiger partial charge in [0.1, 0.15) is 17.5 Å². The van der Waals surface area contributed by atoms with Gasteiger partial charge in [-0.3, -0.25) is 0 Å². The first-order valence-corrected chi connectivity index (χ1v) is 8.33. The predicted molar refractivity (Wildman–Crippen MR) is 86.4 cm³/mol. The van der Waals surface area contributed by atoms with Crippen LogP contribution in [0, 0.1) is 6.92 Å². The third kappa shape index (κ3) is 4.90. The van der Waals surface area contributed by atoms with Gasteiger partial charge in [-0.1, -0.05) is 13.8 Å². The van der Waals surface area contributed by atoms with Crippen molar-refractivity contribution in [1.82, 2.24) is 9.97 Å². The van der Waals surface area contributed by atoms with Crippen molar-refractivity contribution >= 4 is 23.4 Å². The van der Waals surface area contributed by atoms with Crippen LogP contribution in [0.4, 0.5) is 11.6 Å². The molecule has 1 unspecified atom stereocenters. The number of aromatic nitrogens is 2. The Labute approximate surface area is 121 Å². The van der Waals surface area contributed by atoms with Crippen molar-refractivity contribution < 1.29 is 0 Å². The molecule has 1 N–H and O–H groups in total. The van der Waals surface area contributed by atoms with Crippen molar-refractivity contribution in [2.75, 3.05) is 35.8 Å². The molecule has 0 amide bonds. The fourth-order valence-corrected chi connectivity index (χ4v) is 2.80. The second kappa shape index (κ2) is 8.25. The van der Waals surface area contributed by atoms with E-state index in [1.54, 1.807) is 0 Å². The predicted octanol–water partition coefficient (Wildman–Crippen LogP) is 3.18. The standard InChI is InChI=1S/C14H26N4S/c1-6-8-15-13-9-14(17-11(3)16-13)18(4)12(7-2)10-19-5/h9,12H,6-8,10H2,1-5H3,(H,15,16,17). The minimum absolute atomic E-state index is 0.517. The molecular formula is C14H26N4S. The van der Waals surface area contributed by atoms with Gasteiger partial charge in [-0.25, -0.2) is 9.97 Å². The molecule has 0 aromatic carbocycles. The largest absolute Gasteiger partial charge is 0.370 e. The molecule has 0 bridgehead atoms. The van der Waals surface area contributed by atoms with Gasteiger partial charge in [0.15, 0.2) is 0 Å². The molecule has 1 heterocycles. The number of nitrogens with one attached hydrogen (secondary N) is 1. The quantitative estimate of drug-likeness (QED) is 0.793. The molecule has 108 valence electrons. The van der Waals surface area contributed by atoms with Gasteiger partial charge >= 0.3 is 0 Å². The maximum Gasteiger partial charge on any atom is 0.134 e. The lowest BCUT2D eigenvalue weighted by Crippen LogP contribution is -2.34. The van der Waals surface area contributed by atoms with Gasteiger partial charge in [-0.15, -0.1) is 0 Å². The highest BCUT2D eigenvalue weighted by atomic mass is 32.2. The van der Waals surface area contributed by atoms with Gasteiger partial charge < -0.3 is 10.2 Å². The van der Waals surface area contributed by atoms with Crippen LogP contribution >= 0.6 is 11.8 Å². The molecule has 5 heteroatoms. The molecule has 0 spiro atoms. The molecule has 1 rings (SSSR count). The lowest BCUT2D eigenvalue weighted by molar-refractivity contribution is 0.664. The average molecular weight is 282 g/mol. The Balaban J connectivity index is 2.88. The fourth-order valence-electron chi connectivity index (χ4n) is 1.96. The van der Waals surface area contributed by atoms with E-state index in [0.29, 0.717) is 6.04 Å². The lowest BCUT2D eigenvalue weighted by atomic mass is 10.2. The van der Waals surface area contributed by atoms with E-state index in [4.69, 9.17) is 0 Å². The van der Waals surface area contributed by atoms with E-state index in [2.05, 4.69) is 47.3 Å². The minimum Gasteiger partial charge on any atom is -0.370 e. The number of anilines is 2. The van der Waals surface area contributed by atoms with Crippen molar-refractivity contribution in [2.45, 2.75) is 39.7 Å². The van der Waals surface area contributed by atoms with Gasteiger partial charge in [0.2, 0.25) is 0 Å². The summed E-state index contributed by atoms with van der Waals surface area (Å²) in [7, 11) is 2.12. The zero-order chi connectivity index (χ0) is 14.3. The lowest BCUT2D eigenvalue weighted by Gasteiger charge is -2.28. The molecule has 1 aromatic heterocycles. The molecule has 0 aliphatic heterocycles. The highest BCUT2D eigenvalue weighted by Crippen LogP contribution is 2.19. The van der Waals surface area contributed by atoms with Gasteiger partial charge in [-0.2, -0.15) is 11.8 Å². The smallest absolute Gasteiger partial charge is 0.134 e. The van der Waals surface area contributed by atoms with Crippen molar-refractivity contribution in [3.8, 4) is 0 Å². The Morgan fingerprint density at radius 3 is 2.68 bits per heavy atom. The Bertz CT molecular complexity index is 384. The summed E-state index contributed by atoms with van der Waals surface area (Å²) in [6.45, 7) is 7.27. The van der Waals surface area contributed by atoms with Crippen LogP contribution in [0.1, 0.15) is 32.5 Å². The summed E-state index contributed by atoms with van der Waals surface area (Å²) in [4.78, 5) is 11.3. The zero-order valence-electron chi connectivity index (χ0n) is 12.7. The maximum atomic E-state index is 4.56. The van der Waals surface area contributed by atoms with Crippen LogP contribution in [0.5, 0.6) is 0 Å². The number of nitrogens with zero attached hydrogens (tertiary/aromatic N) is 3. The van der Waals surface area contributed by atoms with Gasteiger partial charge in [0.05, 0.1) is 0 Å². The van der Waals surface area contributed by atoms with Crippen molar-refractivity contribution in [3.05, 3.63) is 11.9 Å². The van der Waals surface area contributed by atoms with E-state index in [-0.39, 0.29) is 0 Å². The Kier molecular flexibility index (Phi) is 6.99.